The molecule has 1 saturated heterocycles. The number of amides is 1. The van der Waals surface area contributed by atoms with Gasteiger partial charge in [-0.2, -0.15) is 0 Å². The summed E-state index contributed by atoms with van der Waals surface area (Å²) < 4.78 is 5.24. The third-order valence-electron chi connectivity index (χ3n) is 3.50. The fourth-order valence-corrected chi connectivity index (χ4v) is 2.19. The topological polar surface area (TPSA) is 95.9 Å². The molecule has 1 aromatic rings. The smallest absolute Gasteiger partial charge is 0.311 e. The molecule has 8 heteroatoms. The third-order valence-corrected chi connectivity index (χ3v) is 3.50. The van der Waals surface area contributed by atoms with Gasteiger partial charge in [0.2, 0.25) is 0 Å². The van der Waals surface area contributed by atoms with Crippen molar-refractivity contribution >= 4 is 17.7 Å². The number of nitrogens with zero attached hydrogens (tertiary/aromatic N) is 4. The molecule has 114 valence electrons. The van der Waals surface area contributed by atoms with Gasteiger partial charge >= 0.3 is 5.97 Å². The van der Waals surface area contributed by atoms with Crippen LogP contribution in [0.5, 0.6) is 0 Å². The molecule has 2 rings (SSSR count). The maximum Gasteiger partial charge on any atom is 0.311 e. The lowest BCUT2D eigenvalue weighted by Crippen LogP contribution is -2.41. The predicted octanol–water partition coefficient (Wildman–Crippen LogP) is -0.286. The van der Waals surface area contributed by atoms with E-state index in [4.69, 9.17) is 9.84 Å². The summed E-state index contributed by atoms with van der Waals surface area (Å²) in [4.78, 5) is 26.0. The number of ether oxygens (including phenoxy) is 1. The normalized spacial score (nSPS) is 21.1. The van der Waals surface area contributed by atoms with Crippen molar-refractivity contribution in [2.75, 3.05) is 39.3 Å². The summed E-state index contributed by atoms with van der Waals surface area (Å²) in [6.45, 7) is 0.516. The van der Waals surface area contributed by atoms with Crippen LogP contribution < -0.4 is 4.90 Å². The third kappa shape index (κ3) is 3.10. The second-order valence-corrected chi connectivity index (χ2v) is 5.14. The predicted molar refractivity (Wildman–Crippen MR) is 74.2 cm³/mol. The van der Waals surface area contributed by atoms with Crippen LogP contribution in [0.1, 0.15) is 10.5 Å². The van der Waals surface area contributed by atoms with Gasteiger partial charge in [0.1, 0.15) is 5.92 Å². The van der Waals surface area contributed by atoms with Crippen molar-refractivity contribution in [3.63, 3.8) is 0 Å². The van der Waals surface area contributed by atoms with Gasteiger partial charge in [-0.3, -0.25) is 9.59 Å². The number of carbonyl (C=O) groups is 2. The van der Waals surface area contributed by atoms with Gasteiger partial charge in [0, 0.05) is 21.1 Å². The average molecular weight is 294 g/mol. The first-order chi connectivity index (χ1) is 9.91. The summed E-state index contributed by atoms with van der Waals surface area (Å²) in [6.07, 6.45) is 0. The van der Waals surface area contributed by atoms with Crippen molar-refractivity contribution in [2.24, 2.45) is 5.92 Å². The fraction of sp³-hybridized carbons (Fsp3) is 0.538. The van der Waals surface area contributed by atoms with E-state index in [-0.39, 0.29) is 24.2 Å². The second-order valence-electron chi connectivity index (χ2n) is 5.14. The van der Waals surface area contributed by atoms with Crippen LogP contribution in [0.25, 0.3) is 0 Å². The number of carboxylic acids is 1. The zero-order chi connectivity index (χ0) is 15.6. The van der Waals surface area contributed by atoms with Gasteiger partial charge in [0.25, 0.3) is 5.91 Å². The Morgan fingerprint density at radius 3 is 2.48 bits per heavy atom. The Balaban J connectivity index is 2.15. The van der Waals surface area contributed by atoms with Crippen LogP contribution in [-0.4, -0.2) is 72.5 Å². The van der Waals surface area contributed by atoms with Crippen molar-refractivity contribution in [3.8, 4) is 0 Å². The fourth-order valence-electron chi connectivity index (χ4n) is 2.19. The lowest BCUT2D eigenvalue weighted by Gasteiger charge is -2.26. The maximum absolute atomic E-state index is 11.7. The van der Waals surface area contributed by atoms with Gasteiger partial charge in [-0.05, 0) is 12.1 Å². The zero-order valence-corrected chi connectivity index (χ0v) is 12.2. The number of hydrogen-bond donors (Lipinski definition) is 1. The minimum absolute atomic E-state index is 0.189. The second kappa shape index (κ2) is 6.04. The highest BCUT2D eigenvalue weighted by Gasteiger charge is 2.37. The molecule has 8 nitrogen and oxygen atoms in total. The number of aromatic nitrogens is 2. The van der Waals surface area contributed by atoms with E-state index in [0.717, 1.165) is 0 Å². The first-order valence-electron chi connectivity index (χ1n) is 6.50. The largest absolute Gasteiger partial charge is 0.481 e. The van der Waals surface area contributed by atoms with Crippen molar-refractivity contribution in [1.82, 2.24) is 15.1 Å². The molecule has 21 heavy (non-hydrogen) atoms. The van der Waals surface area contributed by atoms with E-state index in [1.54, 1.807) is 38.2 Å². The van der Waals surface area contributed by atoms with Gasteiger partial charge in [0.05, 0.1) is 19.3 Å². The molecule has 0 aliphatic carbocycles. The van der Waals surface area contributed by atoms with Crippen molar-refractivity contribution in [1.29, 1.82) is 0 Å². The van der Waals surface area contributed by atoms with E-state index < -0.39 is 11.9 Å². The van der Waals surface area contributed by atoms with E-state index in [1.165, 1.54) is 4.90 Å². The van der Waals surface area contributed by atoms with Crippen LogP contribution in [0, 0.1) is 5.92 Å². The van der Waals surface area contributed by atoms with E-state index in [1.807, 2.05) is 0 Å². The molecule has 2 atom stereocenters. The average Bonchev–Trinajstić information content (AvgIpc) is 2.95. The minimum atomic E-state index is -0.892. The Hall–Kier alpha value is -2.22. The summed E-state index contributed by atoms with van der Waals surface area (Å²) in [7, 11) is 5.02. The Morgan fingerprint density at radius 1 is 1.24 bits per heavy atom. The Labute approximate surface area is 122 Å². The van der Waals surface area contributed by atoms with Gasteiger partial charge in [-0.15, -0.1) is 10.2 Å². The van der Waals surface area contributed by atoms with Gasteiger partial charge in [-0.25, -0.2) is 0 Å². The van der Waals surface area contributed by atoms with Crippen molar-refractivity contribution in [3.05, 3.63) is 17.8 Å². The van der Waals surface area contributed by atoms with Crippen LogP contribution in [0.3, 0.4) is 0 Å². The lowest BCUT2D eigenvalue weighted by atomic mass is 10.0. The SMILES string of the molecule is CN(C)C(=O)c1ccc(N(C)C2COCC2C(=O)O)nn1. The molecule has 1 aromatic heterocycles. The first kappa shape index (κ1) is 15.2. The zero-order valence-electron chi connectivity index (χ0n) is 12.2. The number of anilines is 1. The summed E-state index contributed by atoms with van der Waals surface area (Å²) in [5.41, 5.74) is 0.245. The highest BCUT2D eigenvalue weighted by Crippen LogP contribution is 2.22. The van der Waals surface area contributed by atoms with Crippen LogP contribution >= 0.6 is 0 Å². The minimum Gasteiger partial charge on any atom is -0.481 e. The maximum atomic E-state index is 11.7. The van der Waals surface area contributed by atoms with Gasteiger partial charge in [0.15, 0.2) is 11.5 Å². The molecule has 2 heterocycles. The molecule has 1 amide bonds. The first-order valence-corrected chi connectivity index (χ1v) is 6.50. The summed E-state index contributed by atoms with van der Waals surface area (Å²) in [5.74, 6) is -1.21. The molecule has 1 fully saturated rings. The highest BCUT2D eigenvalue weighted by molar-refractivity contribution is 5.91. The molecular weight excluding hydrogens is 276 g/mol. The molecule has 2 unspecified atom stereocenters. The van der Waals surface area contributed by atoms with E-state index >= 15 is 0 Å². The molecule has 1 N–H and O–H groups in total. The Bertz CT molecular complexity index is 531. The number of rotatable bonds is 4. The van der Waals surface area contributed by atoms with E-state index in [0.29, 0.717) is 12.4 Å². The Morgan fingerprint density at radius 2 is 1.95 bits per heavy atom. The molecule has 0 radical (unpaired) electrons. The summed E-state index contributed by atoms with van der Waals surface area (Å²) in [6, 6.07) is 2.93. The molecule has 0 aromatic carbocycles. The van der Waals surface area contributed by atoms with E-state index in [2.05, 4.69) is 10.2 Å². The standard InChI is InChI=1S/C13H18N4O4/c1-16(2)12(18)9-4-5-11(15-14-9)17(3)10-7-21-6-8(10)13(19)20/h4-5,8,10H,6-7H2,1-3H3,(H,19,20). The van der Waals surface area contributed by atoms with Crippen molar-refractivity contribution in [2.45, 2.75) is 6.04 Å². The van der Waals surface area contributed by atoms with E-state index in [9.17, 15) is 9.59 Å². The number of carboxylic acid groups (broad SMARTS) is 1. The molecule has 0 spiro atoms. The molecule has 1 aliphatic rings. The van der Waals surface area contributed by atoms with Crippen LogP contribution in [0.4, 0.5) is 5.82 Å². The number of aliphatic carboxylic acids is 1. The van der Waals surface area contributed by atoms with Crippen molar-refractivity contribution < 1.29 is 19.4 Å². The van der Waals surface area contributed by atoms with Crippen LogP contribution in [0.2, 0.25) is 0 Å². The molecular formula is C13H18N4O4. The van der Waals surface area contributed by atoms with Crippen LogP contribution in [0.15, 0.2) is 12.1 Å². The Kier molecular flexibility index (Phi) is 4.37. The molecule has 1 aliphatic heterocycles. The number of hydrogen-bond acceptors (Lipinski definition) is 6. The molecule has 0 saturated carbocycles. The number of likely N-dealkylation sites (N-methyl/N-ethyl adjacent to an activating group) is 1. The van der Waals surface area contributed by atoms with Gasteiger partial charge < -0.3 is 19.6 Å². The monoisotopic (exact) mass is 294 g/mol. The lowest BCUT2D eigenvalue weighted by molar-refractivity contribution is -0.141. The molecule has 0 bridgehead atoms. The van der Waals surface area contributed by atoms with Crippen LogP contribution in [-0.2, 0) is 9.53 Å². The van der Waals surface area contributed by atoms with Gasteiger partial charge in [-0.1, -0.05) is 0 Å². The number of carbonyl (C=O) groups excluding carboxylic acids is 1. The highest BCUT2D eigenvalue weighted by atomic mass is 16.5. The summed E-state index contributed by atoms with van der Waals surface area (Å²) >= 11 is 0. The summed E-state index contributed by atoms with van der Waals surface area (Å²) in [5, 5.41) is 17.1. The quantitative estimate of drug-likeness (QED) is 0.815.